The van der Waals surface area contributed by atoms with Gasteiger partial charge in [-0.1, -0.05) is 30.2 Å². The van der Waals surface area contributed by atoms with Crippen LogP contribution >= 0.6 is 0 Å². The first-order chi connectivity index (χ1) is 14.5. The predicted octanol–water partition coefficient (Wildman–Crippen LogP) is 4.27. The van der Waals surface area contributed by atoms with Gasteiger partial charge in [-0.25, -0.2) is 4.98 Å². The molecular weight excluding hydrogens is 391 g/mol. The standard InChI is InChI=1S/C23H22F3N3O/c24-23(25,26)16-29-21-8-6-18(15-27-19-10-12-30-13-11-19)14-20(21)28-22(29)9-7-17-4-2-1-3-5-17/h1-6,8,14,19,27H,10-13,15-16H2. The molecule has 30 heavy (non-hydrogen) atoms. The average Bonchev–Trinajstić information content (AvgIpc) is 3.07. The third-order valence-electron chi connectivity index (χ3n) is 5.06. The van der Waals surface area contributed by atoms with E-state index in [1.165, 1.54) is 0 Å². The maximum Gasteiger partial charge on any atom is 0.406 e. The van der Waals surface area contributed by atoms with Gasteiger partial charge in [0.15, 0.2) is 5.82 Å². The molecule has 2 aromatic carbocycles. The minimum Gasteiger partial charge on any atom is -0.381 e. The van der Waals surface area contributed by atoms with E-state index >= 15 is 0 Å². The molecular formula is C23H22F3N3O. The zero-order valence-electron chi connectivity index (χ0n) is 16.4. The van der Waals surface area contributed by atoms with E-state index in [9.17, 15) is 13.2 Å². The fraction of sp³-hybridized carbons (Fsp3) is 0.348. The smallest absolute Gasteiger partial charge is 0.381 e. The van der Waals surface area contributed by atoms with Crippen molar-refractivity contribution in [2.75, 3.05) is 13.2 Å². The Labute approximate surface area is 173 Å². The number of benzene rings is 2. The molecule has 0 aliphatic carbocycles. The summed E-state index contributed by atoms with van der Waals surface area (Å²) in [5, 5.41) is 3.49. The summed E-state index contributed by atoms with van der Waals surface area (Å²) in [5.41, 5.74) is 2.65. The highest BCUT2D eigenvalue weighted by atomic mass is 19.4. The van der Waals surface area contributed by atoms with Crippen LogP contribution in [0.4, 0.5) is 13.2 Å². The predicted molar refractivity (Wildman–Crippen MR) is 109 cm³/mol. The third-order valence-corrected chi connectivity index (χ3v) is 5.06. The second kappa shape index (κ2) is 8.90. The molecule has 4 nitrogen and oxygen atoms in total. The summed E-state index contributed by atoms with van der Waals surface area (Å²) in [5.74, 6) is 5.83. The Hall–Kier alpha value is -2.82. The number of rotatable bonds is 4. The Morgan fingerprint density at radius 3 is 2.57 bits per heavy atom. The van der Waals surface area contributed by atoms with E-state index in [0.29, 0.717) is 23.6 Å². The maximum absolute atomic E-state index is 13.2. The van der Waals surface area contributed by atoms with Gasteiger partial charge < -0.3 is 14.6 Å². The molecule has 1 N–H and O–H groups in total. The van der Waals surface area contributed by atoms with Crippen LogP contribution in [-0.4, -0.2) is 35.0 Å². The Kier molecular flexibility index (Phi) is 6.07. The summed E-state index contributed by atoms with van der Waals surface area (Å²) < 4.78 is 46.0. The molecule has 1 fully saturated rings. The van der Waals surface area contributed by atoms with E-state index in [0.717, 1.165) is 41.7 Å². The van der Waals surface area contributed by atoms with Gasteiger partial charge >= 0.3 is 6.18 Å². The summed E-state index contributed by atoms with van der Waals surface area (Å²) in [4.78, 5) is 4.41. The van der Waals surface area contributed by atoms with Crippen molar-refractivity contribution in [3.63, 3.8) is 0 Å². The average molecular weight is 413 g/mol. The Morgan fingerprint density at radius 2 is 1.83 bits per heavy atom. The van der Waals surface area contributed by atoms with Crippen LogP contribution in [0.25, 0.3) is 11.0 Å². The van der Waals surface area contributed by atoms with Crippen molar-refractivity contribution < 1.29 is 17.9 Å². The topological polar surface area (TPSA) is 39.1 Å². The van der Waals surface area contributed by atoms with Crippen LogP contribution in [0.2, 0.25) is 0 Å². The monoisotopic (exact) mass is 413 g/mol. The number of alkyl halides is 3. The normalized spacial score (nSPS) is 15.2. The van der Waals surface area contributed by atoms with Crippen LogP contribution in [0.3, 0.4) is 0 Å². The molecule has 156 valence electrons. The van der Waals surface area contributed by atoms with Gasteiger partial charge in [-0.3, -0.25) is 0 Å². The number of imidazole rings is 1. The molecule has 7 heteroatoms. The van der Waals surface area contributed by atoms with Crippen molar-refractivity contribution in [2.24, 2.45) is 0 Å². The van der Waals surface area contributed by atoms with E-state index in [4.69, 9.17) is 4.74 Å². The minimum atomic E-state index is -4.36. The zero-order chi connectivity index (χ0) is 21.0. The van der Waals surface area contributed by atoms with Crippen molar-refractivity contribution in [1.82, 2.24) is 14.9 Å². The van der Waals surface area contributed by atoms with Crippen LogP contribution in [0.5, 0.6) is 0 Å². The minimum absolute atomic E-state index is 0.112. The second-order valence-electron chi connectivity index (χ2n) is 7.34. The summed E-state index contributed by atoms with van der Waals surface area (Å²) in [6, 6.07) is 14.9. The van der Waals surface area contributed by atoms with Gasteiger partial charge in [0, 0.05) is 31.4 Å². The van der Waals surface area contributed by atoms with Crippen molar-refractivity contribution >= 4 is 11.0 Å². The lowest BCUT2D eigenvalue weighted by Gasteiger charge is -2.23. The Bertz CT molecular complexity index is 1060. The number of halogens is 3. The van der Waals surface area contributed by atoms with Gasteiger partial charge in [0.2, 0.25) is 0 Å². The molecule has 1 aliphatic heterocycles. The molecule has 0 saturated carbocycles. The molecule has 1 saturated heterocycles. The van der Waals surface area contributed by atoms with Gasteiger partial charge in [-0.05, 0) is 48.6 Å². The van der Waals surface area contributed by atoms with Crippen LogP contribution < -0.4 is 5.32 Å². The lowest BCUT2D eigenvalue weighted by molar-refractivity contribution is -0.140. The highest BCUT2D eigenvalue weighted by Gasteiger charge is 2.30. The van der Waals surface area contributed by atoms with Crippen LogP contribution in [0.1, 0.15) is 29.8 Å². The molecule has 0 atom stereocenters. The molecule has 0 spiro atoms. The van der Waals surface area contributed by atoms with E-state index in [1.807, 2.05) is 42.5 Å². The number of nitrogens with zero attached hydrogens (tertiary/aromatic N) is 2. The van der Waals surface area contributed by atoms with Gasteiger partial charge in [0.1, 0.15) is 6.54 Å². The molecule has 0 radical (unpaired) electrons. The number of hydrogen-bond donors (Lipinski definition) is 1. The number of aromatic nitrogens is 2. The van der Waals surface area contributed by atoms with Gasteiger partial charge in [-0.15, -0.1) is 0 Å². The quantitative estimate of drug-likeness (QED) is 0.650. The molecule has 4 rings (SSSR count). The van der Waals surface area contributed by atoms with E-state index in [-0.39, 0.29) is 5.82 Å². The largest absolute Gasteiger partial charge is 0.406 e. The summed E-state index contributed by atoms with van der Waals surface area (Å²) in [6.07, 6.45) is -2.44. The summed E-state index contributed by atoms with van der Waals surface area (Å²) in [7, 11) is 0. The second-order valence-corrected chi connectivity index (χ2v) is 7.34. The third kappa shape index (κ3) is 5.21. The lowest BCUT2D eigenvalue weighted by atomic mass is 10.1. The first-order valence-electron chi connectivity index (χ1n) is 9.92. The molecule has 0 amide bonds. The zero-order valence-corrected chi connectivity index (χ0v) is 16.4. The summed E-state index contributed by atoms with van der Waals surface area (Å²) >= 11 is 0. The van der Waals surface area contributed by atoms with Crippen LogP contribution in [-0.2, 0) is 17.8 Å². The first-order valence-corrected chi connectivity index (χ1v) is 9.92. The SMILES string of the molecule is FC(F)(F)Cn1c(C#Cc2ccccc2)nc2cc(CNC3CCOCC3)ccc21. The number of nitrogens with one attached hydrogen (secondary N) is 1. The molecule has 1 aliphatic rings. The van der Waals surface area contributed by atoms with E-state index in [1.54, 1.807) is 6.07 Å². The van der Waals surface area contributed by atoms with Crippen LogP contribution in [0.15, 0.2) is 48.5 Å². The maximum atomic E-state index is 13.2. The first kappa shape index (κ1) is 20.5. The number of fused-ring (bicyclic) bond motifs is 1. The molecule has 0 bridgehead atoms. The molecule has 2 heterocycles. The summed E-state index contributed by atoms with van der Waals surface area (Å²) in [6.45, 7) is 1.02. The van der Waals surface area contributed by atoms with Crippen molar-refractivity contribution in [2.45, 2.75) is 38.1 Å². The van der Waals surface area contributed by atoms with Crippen LogP contribution in [0, 0.1) is 11.8 Å². The molecule has 3 aromatic rings. The van der Waals surface area contributed by atoms with Gasteiger partial charge in [0.25, 0.3) is 0 Å². The van der Waals surface area contributed by atoms with E-state index in [2.05, 4.69) is 22.1 Å². The lowest BCUT2D eigenvalue weighted by Crippen LogP contribution is -2.34. The molecule has 0 unspecified atom stereocenters. The fourth-order valence-electron chi connectivity index (χ4n) is 3.53. The van der Waals surface area contributed by atoms with Crippen molar-refractivity contribution in [3.8, 4) is 11.8 Å². The molecule has 1 aromatic heterocycles. The highest BCUT2D eigenvalue weighted by Crippen LogP contribution is 2.24. The highest BCUT2D eigenvalue weighted by molar-refractivity contribution is 5.78. The van der Waals surface area contributed by atoms with E-state index < -0.39 is 12.7 Å². The number of hydrogen-bond acceptors (Lipinski definition) is 3. The van der Waals surface area contributed by atoms with Gasteiger partial charge in [-0.2, -0.15) is 13.2 Å². The Balaban J connectivity index is 1.62. The Morgan fingerprint density at radius 1 is 1.07 bits per heavy atom. The number of ether oxygens (including phenoxy) is 1. The van der Waals surface area contributed by atoms with Crippen molar-refractivity contribution in [3.05, 3.63) is 65.5 Å². The van der Waals surface area contributed by atoms with Crippen molar-refractivity contribution in [1.29, 1.82) is 0 Å². The fourth-order valence-corrected chi connectivity index (χ4v) is 3.53. The van der Waals surface area contributed by atoms with Gasteiger partial charge in [0.05, 0.1) is 11.0 Å².